The predicted molar refractivity (Wildman–Crippen MR) is 63.5 cm³/mol. The van der Waals surface area contributed by atoms with Gasteiger partial charge in [-0.25, -0.2) is 0 Å². The van der Waals surface area contributed by atoms with E-state index >= 15 is 0 Å². The monoisotopic (exact) mass is 270 g/mol. The average molecular weight is 270 g/mol. The Morgan fingerprint density at radius 3 is 2.24 bits per heavy atom. The summed E-state index contributed by atoms with van der Waals surface area (Å²) >= 11 is 4.76. The van der Waals surface area contributed by atoms with Crippen molar-refractivity contribution in [2.45, 2.75) is 45.8 Å². The number of carbonyl (C=O) groups is 1. The zero-order valence-corrected chi connectivity index (χ0v) is 10.8. The molecule has 0 aliphatic rings. The zero-order chi connectivity index (χ0) is 13.9. The first-order valence-corrected chi connectivity index (χ1v) is 5.61. The fourth-order valence-corrected chi connectivity index (χ4v) is 1.47. The number of thiocarbonyl (C=S) groups is 1. The predicted octanol–water partition coefficient (Wildman–Crippen LogP) is 2.15. The van der Waals surface area contributed by atoms with E-state index in [1.165, 1.54) is 13.8 Å². The van der Waals surface area contributed by atoms with Crippen molar-refractivity contribution in [2.75, 3.05) is 0 Å². The van der Waals surface area contributed by atoms with Crippen molar-refractivity contribution in [3.05, 3.63) is 0 Å². The molecule has 0 bridgehead atoms. The highest BCUT2D eigenvalue weighted by atomic mass is 32.1. The van der Waals surface area contributed by atoms with Crippen molar-refractivity contribution in [2.24, 2.45) is 11.1 Å². The van der Waals surface area contributed by atoms with Gasteiger partial charge in [-0.2, -0.15) is 13.2 Å². The summed E-state index contributed by atoms with van der Waals surface area (Å²) in [7, 11) is 0. The first kappa shape index (κ1) is 16.1. The minimum atomic E-state index is -4.31. The van der Waals surface area contributed by atoms with Gasteiger partial charge in [0.2, 0.25) is 5.91 Å². The summed E-state index contributed by atoms with van der Waals surface area (Å²) in [5.74, 6) is -0.566. The van der Waals surface area contributed by atoms with Crippen LogP contribution in [-0.2, 0) is 4.79 Å². The summed E-state index contributed by atoms with van der Waals surface area (Å²) in [6.45, 7) is 4.51. The summed E-state index contributed by atoms with van der Waals surface area (Å²) in [5.41, 5.74) is 4.33. The van der Waals surface area contributed by atoms with Gasteiger partial charge in [0.05, 0.1) is 16.8 Å². The zero-order valence-electron chi connectivity index (χ0n) is 10.0. The van der Waals surface area contributed by atoms with Crippen molar-refractivity contribution in [3.8, 4) is 0 Å². The van der Waals surface area contributed by atoms with Gasteiger partial charge in [-0.15, -0.1) is 0 Å². The van der Waals surface area contributed by atoms with Gasteiger partial charge in [0.15, 0.2) is 0 Å². The number of carbonyl (C=O) groups excluding carboxylic acids is 1. The molecule has 0 saturated carbocycles. The van der Waals surface area contributed by atoms with Gasteiger partial charge in [0.1, 0.15) is 0 Å². The number of rotatable bonds is 5. The highest BCUT2D eigenvalue weighted by Gasteiger charge is 2.37. The highest BCUT2D eigenvalue weighted by molar-refractivity contribution is 7.80. The van der Waals surface area contributed by atoms with Crippen molar-refractivity contribution < 1.29 is 18.0 Å². The molecule has 7 heteroatoms. The summed E-state index contributed by atoms with van der Waals surface area (Å²) in [6, 6.07) is -0.997. The number of nitrogens with one attached hydrogen (secondary N) is 1. The molecule has 0 aromatic heterocycles. The van der Waals surface area contributed by atoms with Crippen molar-refractivity contribution >= 4 is 23.1 Å². The summed E-state index contributed by atoms with van der Waals surface area (Å²) < 4.78 is 36.3. The van der Waals surface area contributed by atoms with Crippen LogP contribution >= 0.6 is 12.2 Å². The smallest absolute Gasteiger partial charge is 0.391 e. The van der Waals surface area contributed by atoms with Crippen molar-refractivity contribution in [1.82, 2.24) is 5.32 Å². The van der Waals surface area contributed by atoms with Gasteiger partial charge in [-0.3, -0.25) is 4.79 Å². The van der Waals surface area contributed by atoms with Crippen LogP contribution in [0.5, 0.6) is 0 Å². The fourth-order valence-electron chi connectivity index (χ4n) is 1.23. The van der Waals surface area contributed by atoms with Crippen molar-refractivity contribution in [1.29, 1.82) is 0 Å². The third-order valence-corrected chi connectivity index (χ3v) is 3.12. The van der Waals surface area contributed by atoms with Crippen LogP contribution in [0.2, 0.25) is 0 Å². The van der Waals surface area contributed by atoms with Crippen LogP contribution in [0.4, 0.5) is 13.2 Å². The third-order valence-electron chi connectivity index (χ3n) is 2.67. The Kier molecular flexibility index (Phi) is 5.38. The van der Waals surface area contributed by atoms with Crippen LogP contribution < -0.4 is 11.1 Å². The van der Waals surface area contributed by atoms with Gasteiger partial charge < -0.3 is 11.1 Å². The Balaban J connectivity index is 4.59. The second kappa shape index (κ2) is 5.66. The maximum Gasteiger partial charge on any atom is 0.391 e. The molecule has 3 N–H and O–H groups in total. The molecule has 0 radical (unpaired) electrons. The first-order valence-electron chi connectivity index (χ1n) is 5.20. The molecule has 0 aromatic carbocycles. The molecule has 0 aliphatic carbocycles. The highest BCUT2D eigenvalue weighted by Crippen LogP contribution is 2.24. The number of nitrogens with two attached hydrogens (primary N) is 1. The maximum absolute atomic E-state index is 12.1. The molecule has 2 unspecified atom stereocenters. The van der Waals surface area contributed by atoms with E-state index < -0.39 is 30.0 Å². The standard InChI is InChI=1S/C10H17F3N2OS/c1-4-9(3,7(14)17)8(16)15-6(2)5-10(11,12)13/h6H,4-5H2,1-3H3,(H2,14,17)(H,15,16). The molecule has 2 atom stereocenters. The Bertz CT molecular complexity index is 306. The second-order valence-electron chi connectivity index (χ2n) is 4.24. The lowest BCUT2D eigenvalue weighted by Crippen LogP contribution is -2.49. The first-order chi connectivity index (χ1) is 7.53. The summed E-state index contributed by atoms with van der Waals surface area (Å²) in [6.07, 6.45) is -5.04. The maximum atomic E-state index is 12.1. The van der Waals surface area contributed by atoms with Crippen LogP contribution in [0.15, 0.2) is 0 Å². The molecule has 0 heterocycles. The van der Waals surface area contributed by atoms with Crippen LogP contribution in [-0.4, -0.2) is 23.1 Å². The van der Waals surface area contributed by atoms with E-state index in [1.54, 1.807) is 6.92 Å². The largest absolute Gasteiger partial charge is 0.392 e. The van der Waals surface area contributed by atoms with Crippen LogP contribution in [0.25, 0.3) is 0 Å². The minimum Gasteiger partial charge on any atom is -0.392 e. The molecule has 1 amide bonds. The molecule has 0 spiro atoms. The Labute approximate surface area is 104 Å². The molecule has 0 aromatic rings. The summed E-state index contributed by atoms with van der Waals surface area (Å²) in [4.78, 5) is 11.8. The van der Waals surface area contributed by atoms with Crippen LogP contribution in [0.3, 0.4) is 0 Å². The van der Waals surface area contributed by atoms with Crippen molar-refractivity contribution in [3.63, 3.8) is 0 Å². The van der Waals surface area contributed by atoms with Crippen LogP contribution in [0, 0.1) is 5.41 Å². The SMILES string of the molecule is CCC(C)(C(=O)NC(C)CC(F)(F)F)C(N)=S. The van der Waals surface area contributed by atoms with E-state index in [1.807, 2.05) is 0 Å². The van der Waals surface area contributed by atoms with E-state index in [0.717, 1.165) is 0 Å². The van der Waals surface area contributed by atoms with Crippen LogP contribution in [0.1, 0.15) is 33.6 Å². The number of hydrogen-bond donors (Lipinski definition) is 2. The van der Waals surface area contributed by atoms with Gasteiger partial charge in [-0.05, 0) is 20.3 Å². The second-order valence-corrected chi connectivity index (χ2v) is 4.68. The van der Waals surface area contributed by atoms with Gasteiger partial charge in [-0.1, -0.05) is 19.1 Å². The lowest BCUT2D eigenvalue weighted by Gasteiger charge is -2.27. The Morgan fingerprint density at radius 2 is 1.94 bits per heavy atom. The van der Waals surface area contributed by atoms with Gasteiger partial charge in [0, 0.05) is 6.04 Å². The van der Waals surface area contributed by atoms with E-state index in [2.05, 4.69) is 5.32 Å². The van der Waals surface area contributed by atoms with E-state index in [-0.39, 0.29) is 4.99 Å². The lowest BCUT2D eigenvalue weighted by atomic mass is 9.86. The fraction of sp³-hybridized carbons (Fsp3) is 0.800. The molecular formula is C10H17F3N2OS. The molecule has 100 valence electrons. The third kappa shape index (κ3) is 4.89. The quantitative estimate of drug-likeness (QED) is 0.753. The molecule has 3 nitrogen and oxygen atoms in total. The normalized spacial score (nSPS) is 17.1. The number of halogens is 3. The van der Waals surface area contributed by atoms with Gasteiger partial charge >= 0.3 is 6.18 Å². The molecule has 0 rings (SSSR count). The summed E-state index contributed by atoms with van der Waals surface area (Å²) in [5, 5.41) is 2.28. The number of amides is 1. The molecule has 0 aliphatic heterocycles. The average Bonchev–Trinajstić information content (AvgIpc) is 2.12. The molecular weight excluding hydrogens is 253 g/mol. The Morgan fingerprint density at radius 1 is 1.47 bits per heavy atom. The number of alkyl halides is 3. The van der Waals surface area contributed by atoms with E-state index in [9.17, 15) is 18.0 Å². The topological polar surface area (TPSA) is 55.1 Å². The number of hydrogen-bond acceptors (Lipinski definition) is 2. The Hall–Kier alpha value is -0.850. The molecule has 0 saturated heterocycles. The van der Waals surface area contributed by atoms with E-state index in [4.69, 9.17) is 18.0 Å². The minimum absolute atomic E-state index is 0.0169. The molecule has 0 fully saturated rings. The lowest BCUT2D eigenvalue weighted by molar-refractivity contribution is -0.142. The van der Waals surface area contributed by atoms with Gasteiger partial charge in [0.25, 0.3) is 0 Å². The molecule has 17 heavy (non-hydrogen) atoms. The van der Waals surface area contributed by atoms with E-state index in [0.29, 0.717) is 6.42 Å².